The summed E-state index contributed by atoms with van der Waals surface area (Å²) in [4.78, 5) is 23.0. The number of carbonyl (C=O) groups is 2. The molecule has 1 unspecified atom stereocenters. The van der Waals surface area contributed by atoms with Crippen LogP contribution in [0.1, 0.15) is 44.2 Å². The number of hydrogen-bond donors (Lipinski definition) is 3. The number of rotatable bonds is 5. The zero-order valence-electron chi connectivity index (χ0n) is 11.9. The zero-order valence-corrected chi connectivity index (χ0v) is 12.6. The number of amides is 2. The summed E-state index contributed by atoms with van der Waals surface area (Å²) in [5.74, 6) is -0.894. The number of carbonyl (C=O) groups excluding carboxylic acids is 1. The highest BCUT2D eigenvalue weighted by atomic mass is 35.5. The average molecular weight is 311 g/mol. The van der Waals surface area contributed by atoms with E-state index < -0.39 is 11.5 Å². The largest absolute Gasteiger partial charge is 0.481 e. The second-order valence-corrected chi connectivity index (χ2v) is 5.95. The van der Waals surface area contributed by atoms with Crippen LogP contribution in [0, 0.1) is 0 Å². The molecule has 0 radical (unpaired) electrons. The Hall–Kier alpha value is -1.75. The topological polar surface area (TPSA) is 78.4 Å². The fourth-order valence-corrected chi connectivity index (χ4v) is 2.92. The van der Waals surface area contributed by atoms with Crippen molar-refractivity contribution in [3.05, 3.63) is 34.9 Å². The summed E-state index contributed by atoms with van der Waals surface area (Å²) in [6.07, 6.45) is 2.30. The molecular formula is C15H19ClN2O3. The SMILES string of the molecule is CC(NC(=O)NC1(CC(=O)O)CCC1)c1ccccc1Cl. The number of carboxylic acid groups (broad SMARTS) is 1. The van der Waals surface area contributed by atoms with Gasteiger partial charge in [-0.3, -0.25) is 4.79 Å². The first-order chi connectivity index (χ1) is 9.92. The van der Waals surface area contributed by atoms with E-state index in [-0.39, 0.29) is 18.5 Å². The third kappa shape index (κ3) is 3.88. The van der Waals surface area contributed by atoms with Crippen molar-refractivity contribution in [2.45, 2.75) is 44.2 Å². The van der Waals surface area contributed by atoms with Crippen molar-refractivity contribution in [2.24, 2.45) is 0 Å². The molecule has 1 aromatic rings. The van der Waals surface area contributed by atoms with Gasteiger partial charge in [-0.1, -0.05) is 29.8 Å². The number of aliphatic carboxylic acids is 1. The van der Waals surface area contributed by atoms with Crippen molar-refractivity contribution < 1.29 is 14.7 Å². The molecule has 21 heavy (non-hydrogen) atoms. The number of benzene rings is 1. The van der Waals surface area contributed by atoms with Crippen molar-refractivity contribution in [1.29, 1.82) is 0 Å². The highest BCUT2D eigenvalue weighted by Crippen LogP contribution is 2.35. The van der Waals surface area contributed by atoms with Gasteiger partial charge < -0.3 is 15.7 Å². The molecule has 1 fully saturated rings. The molecule has 5 nitrogen and oxygen atoms in total. The van der Waals surface area contributed by atoms with Crippen molar-refractivity contribution in [2.75, 3.05) is 0 Å². The number of carboxylic acids is 1. The predicted molar refractivity (Wildman–Crippen MR) is 80.4 cm³/mol. The van der Waals surface area contributed by atoms with E-state index in [1.165, 1.54) is 0 Å². The van der Waals surface area contributed by atoms with Crippen molar-refractivity contribution in [1.82, 2.24) is 10.6 Å². The van der Waals surface area contributed by atoms with E-state index in [4.69, 9.17) is 16.7 Å². The fourth-order valence-electron chi connectivity index (χ4n) is 2.62. The zero-order chi connectivity index (χ0) is 15.5. The standard InChI is InChI=1S/C15H19ClN2O3/c1-10(11-5-2-3-6-12(11)16)17-14(21)18-15(7-4-8-15)9-13(19)20/h2-3,5-6,10H,4,7-9H2,1H3,(H,19,20)(H2,17,18,21). The monoisotopic (exact) mass is 310 g/mol. The lowest BCUT2D eigenvalue weighted by molar-refractivity contribution is -0.139. The van der Waals surface area contributed by atoms with Crippen LogP contribution < -0.4 is 10.6 Å². The molecule has 1 aliphatic carbocycles. The summed E-state index contributed by atoms with van der Waals surface area (Å²) < 4.78 is 0. The van der Waals surface area contributed by atoms with Gasteiger partial charge in [-0.25, -0.2) is 4.79 Å². The van der Waals surface area contributed by atoms with E-state index in [2.05, 4.69) is 10.6 Å². The summed E-state index contributed by atoms with van der Waals surface area (Å²) in [5.41, 5.74) is 0.228. The lowest BCUT2D eigenvalue weighted by atomic mass is 9.74. The Balaban J connectivity index is 1.95. The quantitative estimate of drug-likeness (QED) is 0.782. The predicted octanol–water partition coefficient (Wildman–Crippen LogP) is 3.10. The first kappa shape index (κ1) is 15.6. The van der Waals surface area contributed by atoms with Crippen molar-refractivity contribution in [3.8, 4) is 0 Å². The molecule has 0 bridgehead atoms. The molecule has 1 atom stereocenters. The van der Waals surface area contributed by atoms with Crippen LogP contribution in [-0.2, 0) is 4.79 Å². The smallest absolute Gasteiger partial charge is 0.315 e. The van der Waals surface area contributed by atoms with E-state index in [0.29, 0.717) is 17.9 Å². The first-order valence-electron chi connectivity index (χ1n) is 6.97. The van der Waals surface area contributed by atoms with E-state index in [9.17, 15) is 9.59 Å². The maximum Gasteiger partial charge on any atom is 0.315 e. The molecule has 1 saturated carbocycles. The third-order valence-corrected chi connectivity index (χ3v) is 4.24. The minimum atomic E-state index is -0.894. The van der Waals surface area contributed by atoms with Gasteiger partial charge >= 0.3 is 12.0 Å². The van der Waals surface area contributed by atoms with Crippen LogP contribution in [0.3, 0.4) is 0 Å². The van der Waals surface area contributed by atoms with Crippen molar-refractivity contribution in [3.63, 3.8) is 0 Å². The normalized spacial score (nSPS) is 17.4. The third-order valence-electron chi connectivity index (χ3n) is 3.90. The highest BCUT2D eigenvalue weighted by Gasteiger charge is 2.40. The van der Waals surface area contributed by atoms with Gasteiger partial charge in [0.15, 0.2) is 0 Å². The van der Waals surface area contributed by atoms with Crippen LogP contribution in [0.4, 0.5) is 4.79 Å². The lowest BCUT2D eigenvalue weighted by Gasteiger charge is -2.41. The molecule has 1 aliphatic rings. The summed E-state index contributed by atoms with van der Waals surface area (Å²) in [5, 5.41) is 15.1. The summed E-state index contributed by atoms with van der Waals surface area (Å²) in [6, 6.07) is 6.70. The molecule has 6 heteroatoms. The first-order valence-corrected chi connectivity index (χ1v) is 7.35. The Labute approximate surface area is 128 Å². The Morgan fingerprint density at radius 3 is 2.57 bits per heavy atom. The van der Waals surface area contributed by atoms with Gasteiger partial charge in [0.2, 0.25) is 0 Å². The fraction of sp³-hybridized carbons (Fsp3) is 0.467. The van der Waals surface area contributed by atoms with Gasteiger partial charge in [0, 0.05) is 5.02 Å². The van der Waals surface area contributed by atoms with E-state index in [0.717, 1.165) is 12.0 Å². The molecule has 1 aromatic carbocycles. The van der Waals surface area contributed by atoms with Crippen LogP contribution >= 0.6 is 11.6 Å². The van der Waals surface area contributed by atoms with Gasteiger partial charge in [0.25, 0.3) is 0 Å². The highest BCUT2D eigenvalue weighted by molar-refractivity contribution is 6.31. The van der Waals surface area contributed by atoms with Crippen LogP contribution in [-0.4, -0.2) is 22.6 Å². The maximum atomic E-state index is 12.1. The van der Waals surface area contributed by atoms with Gasteiger partial charge in [-0.05, 0) is 37.8 Å². The average Bonchev–Trinajstić information content (AvgIpc) is 2.35. The molecular weight excluding hydrogens is 292 g/mol. The molecule has 0 saturated heterocycles. The van der Waals surface area contributed by atoms with Gasteiger partial charge in [-0.15, -0.1) is 0 Å². The number of nitrogens with one attached hydrogen (secondary N) is 2. The van der Waals surface area contributed by atoms with Gasteiger partial charge in [0.05, 0.1) is 18.0 Å². The van der Waals surface area contributed by atoms with E-state index >= 15 is 0 Å². The molecule has 0 heterocycles. The minimum Gasteiger partial charge on any atom is -0.481 e. The summed E-state index contributed by atoms with van der Waals surface area (Å²) >= 11 is 6.09. The molecule has 2 rings (SSSR count). The maximum absolute atomic E-state index is 12.1. The summed E-state index contributed by atoms with van der Waals surface area (Å²) in [7, 11) is 0. The number of halogens is 1. The number of hydrogen-bond acceptors (Lipinski definition) is 2. The Bertz CT molecular complexity index is 543. The Morgan fingerprint density at radius 2 is 2.05 bits per heavy atom. The molecule has 2 amide bonds. The minimum absolute atomic E-state index is 0.0408. The Kier molecular flexibility index (Phi) is 4.73. The van der Waals surface area contributed by atoms with Crippen LogP contribution in [0.25, 0.3) is 0 Å². The second kappa shape index (κ2) is 6.35. The molecule has 0 aliphatic heterocycles. The van der Waals surface area contributed by atoms with Gasteiger partial charge in [0.1, 0.15) is 0 Å². The Morgan fingerprint density at radius 1 is 1.38 bits per heavy atom. The van der Waals surface area contributed by atoms with E-state index in [1.54, 1.807) is 6.07 Å². The molecule has 0 aromatic heterocycles. The van der Waals surface area contributed by atoms with Crippen molar-refractivity contribution >= 4 is 23.6 Å². The summed E-state index contributed by atoms with van der Waals surface area (Å²) in [6.45, 7) is 1.84. The van der Waals surface area contributed by atoms with Crippen LogP contribution in [0.2, 0.25) is 5.02 Å². The van der Waals surface area contributed by atoms with Gasteiger partial charge in [-0.2, -0.15) is 0 Å². The molecule has 3 N–H and O–H groups in total. The van der Waals surface area contributed by atoms with E-state index in [1.807, 2.05) is 25.1 Å². The van der Waals surface area contributed by atoms with Crippen LogP contribution in [0.15, 0.2) is 24.3 Å². The number of urea groups is 1. The second-order valence-electron chi connectivity index (χ2n) is 5.55. The lowest BCUT2D eigenvalue weighted by Crippen LogP contribution is -2.57. The molecule has 114 valence electrons. The van der Waals surface area contributed by atoms with Crippen LogP contribution in [0.5, 0.6) is 0 Å². The molecule has 0 spiro atoms.